The average molecular weight is 461 g/mol. The van der Waals surface area contributed by atoms with Gasteiger partial charge < -0.3 is 5.73 Å². The van der Waals surface area contributed by atoms with Crippen LogP contribution in [0.15, 0.2) is 53.6 Å². The molecule has 170 valence electrons. The molecule has 0 aromatic heterocycles. The molecule has 2 N–H and O–H groups in total. The lowest BCUT2D eigenvalue weighted by Crippen LogP contribution is -2.47. The Labute approximate surface area is 190 Å². The fourth-order valence-electron chi connectivity index (χ4n) is 3.58. The van der Waals surface area contributed by atoms with E-state index in [0.717, 1.165) is 36.6 Å². The number of carbonyl (C=O) groups excluding carboxylic acids is 1. The molecule has 32 heavy (non-hydrogen) atoms. The van der Waals surface area contributed by atoms with Crippen LogP contribution in [-0.2, 0) is 9.71 Å². The van der Waals surface area contributed by atoms with Crippen molar-refractivity contribution in [2.75, 3.05) is 20.2 Å². The normalized spacial score (nSPS) is 20.4. The van der Waals surface area contributed by atoms with E-state index in [2.05, 4.69) is 5.10 Å². The van der Waals surface area contributed by atoms with E-state index in [1.807, 2.05) is 30.3 Å². The number of hydrogen-bond donors (Lipinski definition) is 1. The second kappa shape index (κ2) is 9.56. The molecule has 4 rings (SSSR count). The first kappa shape index (κ1) is 22.7. The van der Waals surface area contributed by atoms with Gasteiger partial charge in [0.1, 0.15) is 21.5 Å². The van der Waals surface area contributed by atoms with E-state index in [4.69, 9.17) is 10.6 Å². The first-order chi connectivity index (χ1) is 15.4. The first-order valence-corrected chi connectivity index (χ1v) is 11.5. The maximum atomic E-state index is 14.6. The summed E-state index contributed by atoms with van der Waals surface area (Å²) in [6.07, 6.45) is 3.26. The van der Waals surface area contributed by atoms with Crippen molar-refractivity contribution in [1.82, 2.24) is 10.1 Å². The van der Waals surface area contributed by atoms with Crippen LogP contribution >= 0.6 is 11.8 Å². The van der Waals surface area contributed by atoms with E-state index < -0.39 is 22.5 Å². The second-order valence-corrected chi connectivity index (χ2v) is 9.27. The van der Waals surface area contributed by atoms with Crippen molar-refractivity contribution < 1.29 is 18.4 Å². The van der Waals surface area contributed by atoms with Crippen LogP contribution < -0.4 is 5.73 Å². The Kier molecular flexibility index (Phi) is 6.78. The smallest absolute Gasteiger partial charge is 0.330 e. The molecule has 1 unspecified atom stereocenters. The predicted octanol–water partition coefficient (Wildman–Crippen LogP) is 4.66. The number of nitrogens with zero attached hydrogens (tertiary/aromatic N) is 3. The zero-order valence-electron chi connectivity index (χ0n) is 17.8. The summed E-state index contributed by atoms with van der Waals surface area (Å²) in [5.41, 5.74) is 6.64. The van der Waals surface area contributed by atoms with Gasteiger partial charge in [0.05, 0.1) is 6.61 Å². The monoisotopic (exact) mass is 460 g/mol. The topological polar surface area (TPSA) is 71.2 Å². The van der Waals surface area contributed by atoms with Crippen molar-refractivity contribution in [1.29, 1.82) is 0 Å². The number of halogens is 2. The maximum absolute atomic E-state index is 14.6. The maximum Gasteiger partial charge on any atom is 0.365 e. The number of hydrazone groups is 1. The van der Waals surface area contributed by atoms with Gasteiger partial charge in [-0.25, -0.2) is 18.6 Å². The summed E-state index contributed by atoms with van der Waals surface area (Å²) >= 11 is 1.23. The van der Waals surface area contributed by atoms with Gasteiger partial charge in [0.15, 0.2) is 0 Å². The highest BCUT2D eigenvalue weighted by molar-refractivity contribution is 8.15. The molecule has 1 heterocycles. The predicted molar refractivity (Wildman–Crippen MR) is 121 cm³/mol. The van der Waals surface area contributed by atoms with Crippen molar-refractivity contribution in [3.05, 3.63) is 71.3 Å². The van der Waals surface area contributed by atoms with E-state index in [0.29, 0.717) is 31.9 Å². The van der Waals surface area contributed by atoms with Crippen LogP contribution in [0.4, 0.5) is 13.6 Å². The van der Waals surface area contributed by atoms with E-state index in [1.165, 1.54) is 21.8 Å². The fourth-order valence-corrected chi connectivity index (χ4v) is 4.99. The molecular weight excluding hydrogens is 434 g/mol. The molecule has 1 saturated carbocycles. The lowest BCUT2D eigenvalue weighted by molar-refractivity contribution is -0.115. The Morgan fingerprint density at radius 3 is 2.72 bits per heavy atom. The molecular formula is C23H26F2N4O2S. The summed E-state index contributed by atoms with van der Waals surface area (Å²) in [7, 11) is 1.55. The van der Waals surface area contributed by atoms with Gasteiger partial charge in [0.25, 0.3) is 0 Å². The third-order valence-corrected chi connectivity index (χ3v) is 7.00. The molecule has 1 aliphatic heterocycles. The minimum Gasteiger partial charge on any atom is -0.330 e. The third kappa shape index (κ3) is 4.65. The minimum atomic E-state index is -0.969. The number of amides is 2. The Morgan fingerprint density at radius 2 is 2.03 bits per heavy atom. The highest BCUT2D eigenvalue weighted by atomic mass is 32.2. The average Bonchev–Trinajstić information content (AvgIpc) is 3.56. The van der Waals surface area contributed by atoms with Gasteiger partial charge in [0, 0.05) is 12.6 Å². The van der Waals surface area contributed by atoms with Crippen LogP contribution in [0.2, 0.25) is 0 Å². The lowest BCUT2D eigenvalue weighted by Gasteiger charge is -2.37. The zero-order chi connectivity index (χ0) is 22.7. The molecule has 2 aromatic carbocycles. The van der Waals surface area contributed by atoms with E-state index in [9.17, 15) is 13.6 Å². The van der Waals surface area contributed by atoms with Gasteiger partial charge in [-0.2, -0.15) is 10.1 Å². The van der Waals surface area contributed by atoms with Crippen LogP contribution in [0.1, 0.15) is 36.8 Å². The Bertz CT molecular complexity index is 1000. The number of nitrogens with two attached hydrogens (primary N) is 1. The van der Waals surface area contributed by atoms with E-state index in [1.54, 1.807) is 7.05 Å². The fraction of sp³-hybridized carbons (Fsp3) is 0.391. The molecule has 0 spiro atoms. The lowest BCUT2D eigenvalue weighted by atomic mass is 10.0. The van der Waals surface area contributed by atoms with Crippen LogP contribution in [0, 0.1) is 17.6 Å². The third-order valence-electron chi connectivity index (χ3n) is 5.55. The number of carbonyl (C=O) groups is 1. The molecule has 0 radical (unpaired) electrons. The standard InChI is InChI=1S/C23H26F2N4O2S/c1-28(31-15-16-8-9-16)22(30)29-23(12-5-13-26,17-6-3-2-4-7-17)32-21(27-29)19-14-18(24)10-11-20(19)25/h2-4,6-7,10-11,14,16H,5,8-9,12-13,15,26H2,1H3. The quantitative estimate of drug-likeness (QED) is 0.582. The number of hydrogen-bond acceptors (Lipinski definition) is 5. The van der Waals surface area contributed by atoms with Crippen LogP contribution in [-0.4, -0.2) is 41.3 Å². The summed E-state index contributed by atoms with van der Waals surface area (Å²) in [4.78, 5) is 18.2. The number of thioether (sulfide) groups is 1. The molecule has 0 saturated heterocycles. The molecule has 2 aromatic rings. The summed E-state index contributed by atoms with van der Waals surface area (Å²) in [6, 6.07) is 12.2. The molecule has 1 fully saturated rings. The van der Waals surface area contributed by atoms with E-state index >= 15 is 0 Å². The summed E-state index contributed by atoms with van der Waals surface area (Å²) in [5.74, 6) is -0.715. The Balaban J connectivity index is 1.75. The molecule has 0 bridgehead atoms. The van der Waals surface area contributed by atoms with Crippen molar-refractivity contribution >= 4 is 22.8 Å². The minimum absolute atomic E-state index is 0.0138. The van der Waals surface area contributed by atoms with Crippen molar-refractivity contribution in [2.45, 2.75) is 30.6 Å². The second-order valence-electron chi connectivity index (χ2n) is 8.01. The van der Waals surface area contributed by atoms with Gasteiger partial charge in [0.2, 0.25) is 0 Å². The molecule has 2 amide bonds. The zero-order valence-corrected chi connectivity index (χ0v) is 18.7. The number of rotatable bonds is 8. The van der Waals surface area contributed by atoms with Crippen LogP contribution in [0.5, 0.6) is 0 Å². The first-order valence-electron chi connectivity index (χ1n) is 10.6. The van der Waals surface area contributed by atoms with Crippen LogP contribution in [0.3, 0.4) is 0 Å². The van der Waals surface area contributed by atoms with Crippen molar-refractivity contribution in [3.8, 4) is 0 Å². The SMILES string of the molecule is CN(OCC1CC1)C(=O)N1N=C(c2cc(F)ccc2F)SC1(CCCN)c1ccccc1. The van der Waals surface area contributed by atoms with Gasteiger partial charge in [-0.05, 0) is 61.9 Å². The van der Waals surface area contributed by atoms with Crippen LogP contribution in [0.25, 0.3) is 0 Å². The highest BCUT2D eigenvalue weighted by Crippen LogP contribution is 2.51. The highest BCUT2D eigenvalue weighted by Gasteiger charge is 2.49. The molecule has 6 nitrogen and oxygen atoms in total. The van der Waals surface area contributed by atoms with Crippen molar-refractivity contribution in [3.63, 3.8) is 0 Å². The summed E-state index contributed by atoms with van der Waals surface area (Å²) in [5, 5.41) is 7.23. The summed E-state index contributed by atoms with van der Waals surface area (Å²) < 4.78 is 28.5. The molecule has 1 aliphatic carbocycles. The molecule has 9 heteroatoms. The Hall–Kier alpha value is -2.49. The number of urea groups is 1. The molecule has 2 aliphatic rings. The summed E-state index contributed by atoms with van der Waals surface area (Å²) in [6.45, 7) is 0.869. The Morgan fingerprint density at radius 1 is 1.28 bits per heavy atom. The number of hydroxylamine groups is 2. The largest absolute Gasteiger partial charge is 0.365 e. The van der Waals surface area contributed by atoms with Gasteiger partial charge in [-0.3, -0.25) is 4.84 Å². The van der Waals surface area contributed by atoms with Gasteiger partial charge in [-0.1, -0.05) is 42.1 Å². The number of benzene rings is 2. The van der Waals surface area contributed by atoms with E-state index in [-0.39, 0.29) is 10.6 Å². The van der Waals surface area contributed by atoms with Gasteiger partial charge in [-0.15, -0.1) is 0 Å². The van der Waals surface area contributed by atoms with Gasteiger partial charge >= 0.3 is 6.03 Å². The molecule has 1 atom stereocenters. The van der Waals surface area contributed by atoms with Crippen molar-refractivity contribution in [2.24, 2.45) is 16.8 Å².